The van der Waals surface area contributed by atoms with Gasteiger partial charge in [0.25, 0.3) is 0 Å². The fraction of sp³-hybridized carbons (Fsp3) is 0.369. The molecule has 0 unspecified atom stereocenters. The largest absolute Gasteiger partial charge is 0.459 e. The first kappa shape index (κ1) is 58.2. The first-order chi connectivity index (χ1) is 36.4. The van der Waals surface area contributed by atoms with Crippen LogP contribution in [0.1, 0.15) is 158 Å². The van der Waals surface area contributed by atoms with Crippen molar-refractivity contribution >= 4 is 65.8 Å². The fourth-order valence-corrected chi connectivity index (χ4v) is 8.89. The van der Waals surface area contributed by atoms with E-state index in [0.717, 1.165) is 33.8 Å². The van der Waals surface area contributed by atoms with Crippen LogP contribution in [0, 0.1) is 0 Å². The van der Waals surface area contributed by atoms with Gasteiger partial charge in [-0.15, -0.1) is 11.3 Å². The molecule has 2 N–H and O–H groups in total. The maximum absolute atomic E-state index is 5.67. The molecule has 12 nitrogen and oxygen atoms in total. The van der Waals surface area contributed by atoms with Crippen LogP contribution in [0.3, 0.4) is 0 Å². The maximum Gasteiger partial charge on any atom is 0.233 e. The molecule has 12 aromatic rings. The Labute approximate surface area is 465 Å². The number of hydrogen-bond donors (Lipinski definition) is 2. The average molecular weight is 1060 g/mol. The van der Waals surface area contributed by atoms with Crippen LogP contribution in [0.2, 0.25) is 0 Å². The minimum absolute atomic E-state index is 0.0685. The van der Waals surface area contributed by atoms with Crippen LogP contribution in [0.4, 0.5) is 0 Å². The second kappa shape index (κ2) is 23.2. The Kier molecular flexibility index (Phi) is 17.3. The number of H-pyrrole nitrogens is 2. The van der Waals surface area contributed by atoms with Gasteiger partial charge in [-0.2, -0.15) is 0 Å². The van der Waals surface area contributed by atoms with E-state index in [4.69, 9.17) is 4.42 Å². The van der Waals surface area contributed by atoms with Crippen molar-refractivity contribution in [3.63, 3.8) is 0 Å². The maximum atomic E-state index is 5.67. The molecular formula is C65H81N11OS. The predicted molar refractivity (Wildman–Crippen MR) is 326 cm³/mol. The first-order valence-electron chi connectivity index (χ1n) is 26.7. The van der Waals surface area contributed by atoms with E-state index in [1.807, 2.05) is 89.8 Å². The van der Waals surface area contributed by atoms with Crippen LogP contribution in [-0.2, 0) is 32.5 Å². The second-order valence-electron chi connectivity index (χ2n) is 25.9. The van der Waals surface area contributed by atoms with E-state index >= 15 is 0 Å². The molecule has 78 heavy (non-hydrogen) atoms. The molecule has 13 heteroatoms. The molecule has 0 aliphatic rings. The molecule has 0 saturated carbocycles. The second-order valence-corrected chi connectivity index (χ2v) is 27.0. The normalized spacial score (nSPS) is 12.2. The monoisotopic (exact) mass is 1060 g/mol. The Hall–Kier alpha value is -7.51. The highest BCUT2D eigenvalue weighted by Gasteiger charge is 2.20. The van der Waals surface area contributed by atoms with Crippen molar-refractivity contribution in [2.75, 3.05) is 0 Å². The van der Waals surface area contributed by atoms with Gasteiger partial charge in [0, 0.05) is 130 Å². The van der Waals surface area contributed by atoms with Crippen LogP contribution in [-0.4, -0.2) is 53.7 Å². The van der Waals surface area contributed by atoms with E-state index in [9.17, 15) is 0 Å². The minimum Gasteiger partial charge on any atom is -0.459 e. The molecule has 0 saturated heterocycles. The van der Waals surface area contributed by atoms with Crippen LogP contribution in [0.5, 0.6) is 0 Å². The van der Waals surface area contributed by atoms with Gasteiger partial charge in [0.05, 0.1) is 10.9 Å². The van der Waals surface area contributed by atoms with Gasteiger partial charge in [0.1, 0.15) is 17.1 Å². The third-order valence-corrected chi connectivity index (χ3v) is 14.5. The number of furan rings is 1. The third-order valence-electron chi connectivity index (χ3n) is 13.0. The summed E-state index contributed by atoms with van der Waals surface area (Å²) in [7, 11) is 0. The van der Waals surface area contributed by atoms with Crippen molar-refractivity contribution in [3.8, 4) is 0 Å². The molecule has 0 spiro atoms. The predicted octanol–water partition coefficient (Wildman–Crippen LogP) is 17.1. The molecule has 408 valence electrons. The summed E-state index contributed by atoms with van der Waals surface area (Å²) in [5.41, 5.74) is 10.1. The number of nitrogens with zero attached hydrogens (tertiary/aromatic N) is 9. The molecule has 0 aliphatic carbocycles. The lowest BCUT2D eigenvalue weighted by atomic mass is 9.88. The molecule has 12 rings (SSSR count). The summed E-state index contributed by atoms with van der Waals surface area (Å²) in [5.74, 6) is 1.77. The van der Waals surface area contributed by atoms with Crippen LogP contribution < -0.4 is 0 Å². The molecule has 0 radical (unpaired) electrons. The zero-order valence-electron chi connectivity index (χ0n) is 49.3. The Bertz CT molecular complexity index is 3310. The van der Waals surface area contributed by atoms with E-state index in [0.29, 0.717) is 0 Å². The van der Waals surface area contributed by atoms with E-state index in [1.54, 1.807) is 18.6 Å². The minimum atomic E-state index is 0.0685. The number of hydrogen-bond acceptors (Lipinski definition) is 9. The Morgan fingerprint density at radius 3 is 1.73 bits per heavy atom. The number of rotatable bonds is 0. The van der Waals surface area contributed by atoms with Gasteiger partial charge in [0.2, 0.25) is 5.78 Å². The third kappa shape index (κ3) is 15.4. The number of aromatic nitrogens is 11. The average Bonchev–Trinajstić information content (AvgIpc) is 4.23. The molecule has 0 fully saturated rings. The Balaban J connectivity index is 0.000000136. The number of pyridine rings is 5. The van der Waals surface area contributed by atoms with Gasteiger partial charge in [-0.3, -0.25) is 19.4 Å². The summed E-state index contributed by atoms with van der Waals surface area (Å²) in [4.78, 5) is 37.0. The number of imidazole rings is 2. The lowest BCUT2D eigenvalue weighted by molar-refractivity contribution is 0.430. The first-order valence-corrected chi connectivity index (χ1v) is 27.5. The van der Waals surface area contributed by atoms with Gasteiger partial charge in [-0.1, -0.05) is 131 Å². The molecule has 0 bridgehead atoms. The van der Waals surface area contributed by atoms with Crippen molar-refractivity contribution in [3.05, 3.63) is 187 Å². The lowest BCUT2D eigenvalue weighted by Gasteiger charge is -2.18. The highest BCUT2D eigenvalue weighted by molar-refractivity contribution is 7.19. The number of aromatic amines is 2. The summed E-state index contributed by atoms with van der Waals surface area (Å²) in [5, 5.41) is 4.81. The SMILES string of the molecule is CC(C)(C)c1cc2ccncc2o1.CC(C)(C)c1cc2ccncc2s1.CC(C)(C)c1cc2cnccc2[nH]1.CC(C)(C)c1ccc2nccn2c1.CC(C)(C)c1cnc2[nH]ccc2c1.CC(C)(C)c1cnc2nccn2c1. The fourth-order valence-electron chi connectivity index (χ4n) is 7.80. The molecule has 12 aromatic heterocycles. The Morgan fingerprint density at radius 2 is 1.09 bits per heavy atom. The molecule has 0 atom stereocenters. The van der Waals surface area contributed by atoms with Crippen LogP contribution in [0.15, 0.2) is 158 Å². The van der Waals surface area contributed by atoms with Crippen LogP contribution in [0.25, 0.3) is 54.4 Å². The van der Waals surface area contributed by atoms with Crippen molar-refractivity contribution in [2.45, 2.75) is 157 Å². The zero-order valence-corrected chi connectivity index (χ0v) is 50.1. The molecule has 0 aromatic carbocycles. The number of nitrogens with one attached hydrogen (secondary N) is 2. The van der Waals surface area contributed by atoms with E-state index in [-0.39, 0.29) is 32.5 Å². The Morgan fingerprint density at radius 1 is 0.462 bits per heavy atom. The highest BCUT2D eigenvalue weighted by atomic mass is 32.1. The highest BCUT2D eigenvalue weighted by Crippen LogP contribution is 2.34. The van der Waals surface area contributed by atoms with Gasteiger partial charge >= 0.3 is 0 Å². The van der Waals surface area contributed by atoms with Crippen LogP contribution >= 0.6 is 11.3 Å². The summed E-state index contributed by atoms with van der Waals surface area (Å²) in [6.07, 6.45) is 28.5. The molecular weight excluding hydrogens is 983 g/mol. The zero-order chi connectivity index (χ0) is 56.8. The summed E-state index contributed by atoms with van der Waals surface area (Å²) in [6, 6.07) is 21.0. The van der Waals surface area contributed by atoms with Crippen molar-refractivity contribution in [2.24, 2.45) is 0 Å². The van der Waals surface area contributed by atoms with E-state index in [2.05, 4.69) is 235 Å². The van der Waals surface area contributed by atoms with Crippen molar-refractivity contribution < 1.29 is 4.42 Å². The molecule has 12 heterocycles. The quantitative estimate of drug-likeness (QED) is 0.153. The summed E-state index contributed by atoms with van der Waals surface area (Å²) in [6.45, 7) is 39.5. The number of thiophene rings is 1. The standard InChI is InChI=1S/3C11H14N2.C11H13NO.C11H13NS.C10H13N3/c1-11(2,3)10-6-8-7-12-5-4-9(8)13-10;1-11(2,3)9-6-8-4-5-12-10(8)13-7-9;1-11(2,3)9-4-5-10-12-6-7-13(10)8-9;2*1-11(2,3)10-6-8-4-5-12-7-9(8)13-10;1-10(2,3)8-6-12-9-11-4-5-13(9)7-8/h4-7,13H,1-3H3;4-7H,1-3H3,(H,12,13);4-8H,1-3H3;3*4-7H,1-3H3. The van der Waals surface area contributed by atoms with Crippen molar-refractivity contribution in [1.82, 2.24) is 53.7 Å². The molecule has 0 aliphatic heterocycles. The summed E-state index contributed by atoms with van der Waals surface area (Å²) >= 11 is 1.84. The number of fused-ring (bicyclic) bond motifs is 6. The van der Waals surface area contributed by atoms with E-state index < -0.39 is 0 Å². The molecule has 0 amide bonds. The van der Waals surface area contributed by atoms with Gasteiger partial charge in [0.15, 0.2) is 5.58 Å². The topological polar surface area (TPSA) is 144 Å². The van der Waals surface area contributed by atoms with E-state index in [1.165, 1.54) is 53.6 Å². The lowest BCUT2D eigenvalue weighted by Crippen LogP contribution is -2.12. The summed E-state index contributed by atoms with van der Waals surface area (Å²) < 4.78 is 11.0. The van der Waals surface area contributed by atoms with Crippen molar-refractivity contribution in [1.29, 1.82) is 0 Å². The van der Waals surface area contributed by atoms with Gasteiger partial charge < -0.3 is 18.8 Å². The smallest absolute Gasteiger partial charge is 0.233 e. The van der Waals surface area contributed by atoms with Gasteiger partial charge in [-0.25, -0.2) is 19.9 Å². The van der Waals surface area contributed by atoms with Gasteiger partial charge in [-0.05, 0) is 98.3 Å².